The van der Waals surface area contributed by atoms with E-state index in [4.69, 9.17) is 10.00 Å². The van der Waals surface area contributed by atoms with Gasteiger partial charge in [0.05, 0.1) is 29.2 Å². The molecule has 1 aromatic carbocycles. The van der Waals surface area contributed by atoms with E-state index in [0.29, 0.717) is 5.56 Å². The first-order valence-corrected chi connectivity index (χ1v) is 6.06. The molecule has 1 atom stereocenters. The van der Waals surface area contributed by atoms with Crippen molar-refractivity contribution < 1.29 is 14.5 Å². The Kier molecular flexibility index (Phi) is 5.47. The number of amides is 1. The Hall–Kier alpha value is -2.62. The predicted octanol–water partition coefficient (Wildman–Crippen LogP) is 2.64. The number of hydrogen-bond donors (Lipinski definition) is 0. The van der Waals surface area contributed by atoms with Crippen molar-refractivity contribution in [3.05, 3.63) is 39.9 Å². The van der Waals surface area contributed by atoms with Crippen LogP contribution in [0.25, 0.3) is 0 Å². The van der Waals surface area contributed by atoms with Crippen molar-refractivity contribution in [1.29, 1.82) is 5.26 Å². The number of para-hydroxylation sites is 1. The summed E-state index contributed by atoms with van der Waals surface area (Å²) in [7, 11) is 0. The minimum atomic E-state index is -0.667. The summed E-state index contributed by atoms with van der Waals surface area (Å²) in [5.41, 5.74) is 0.271. The predicted molar refractivity (Wildman–Crippen MR) is 70.9 cm³/mol. The second-order valence-electron chi connectivity index (χ2n) is 3.98. The quantitative estimate of drug-likeness (QED) is 0.468. The standard InChI is InChI=1S/C13H15N3O4/c1-3-20-13(17)15(9-8-14)10(2)11-6-4-5-7-12(11)16(18)19/h4-7,10H,3,9H2,1-2H3. The van der Waals surface area contributed by atoms with E-state index >= 15 is 0 Å². The van der Waals surface area contributed by atoms with E-state index in [2.05, 4.69) is 0 Å². The van der Waals surface area contributed by atoms with Gasteiger partial charge in [-0.2, -0.15) is 5.26 Å². The van der Waals surface area contributed by atoms with Crippen LogP contribution < -0.4 is 0 Å². The summed E-state index contributed by atoms with van der Waals surface area (Å²) in [6, 6.07) is 7.35. The topological polar surface area (TPSA) is 96.5 Å². The van der Waals surface area contributed by atoms with Crippen LogP contribution in [0.2, 0.25) is 0 Å². The van der Waals surface area contributed by atoms with Gasteiger partial charge in [0.1, 0.15) is 6.54 Å². The van der Waals surface area contributed by atoms with Gasteiger partial charge in [0, 0.05) is 6.07 Å². The third-order valence-corrected chi connectivity index (χ3v) is 2.79. The van der Waals surface area contributed by atoms with Gasteiger partial charge < -0.3 is 4.74 Å². The van der Waals surface area contributed by atoms with Crippen LogP contribution in [0.3, 0.4) is 0 Å². The molecule has 106 valence electrons. The molecule has 0 saturated heterocycles. The monoisotopic (exact) mass is 277 g/mol. The molecule has 0 bridgehead atoms. The lowest BCUT2D eigenvalue weighted by Gasteiger charge is -2.25. The molecule has 1 rings (SSSR count). The molecule has 1 amide bonds. The van der Waals surface area contributed by atoms with Gasteiger partial charge in [-0.15, -0.1) is 0 Å². The molecule has 7 nitrogen and oxygen atoms in total. The maximum Gasteiger partial charge on any atom is 0.411 e. The fourth-order valence-corrected chi connectivity index (χ4v) is 1.82. The highest BCUT2D eigenvalue weighted by Gasteiger charge is 2.27. The zero-order valence-corrected chi connectivity index (χ0v) is 11.3. The Morgan fingerprint density at radius 1 is 1.55 bits per heavy atom. The van der Waals surface area contributed by atoms with E-state index in [1.807, 2.05) is 6.07 Å². The summed E-state index contributed by atoms with van der Waals surface area (Å²) in [5, 5.41) is 19.8. The van der Waals surface area contributed by atoms with Crippen molar-refractivity contribution in [3.63, 3.8) is 0 Å². The van der Waals surface area contributed by atoms with Gasteiger partial charge in [-0.05, 0) is 13.8 Å². The lowest BCUT2D eigenvalue weighted by Crippen LogP contribution is -2.34. The number of hydrogen-bond acceptors (Lipinski definition) is 5. The lowest BCUT2D eigenvalue weighted by atomic mass is 10.1. The van der Waals surface area contributed by atoms with Crippen LogP contribution in [0.1, 0.15) is 25.5 Å². The summed E-state index contributed by atoms with van der Waals surface area (Å²) < 4.78 is 4.87. The van der Waals surface area contributed by atoms with E-state index in [0.717, 1.165) is 4.90 Å². The smallest absolute Gasteiger partial charge is 0.411 e. The Morgan fingerprint density at radius 3 is 2.75 bits per heavy atom. The third-order valence-electron chi connectivity index (χ3n) is 2.79. The van der Waals surface area contributed by atoms with Crippen molar-refractivity contribution in [3.8, 4) is 6.07 Å². The number of nitrogens with zero attached hydrogens (tertiary/aromatic N) is 3. The van der Waals surface area contributed by atoms with Crippen LogP contribution >= 0.6 is 0 Å². The number of nitriles is 1. The zero-order chi connectivity index (χ0) is 15.1. The summed E-state index contributed by atoms with van der Waals surface area (Å²) in [5.74, 6) is 0. The van der Waals surface area contributed by atoms with E-state index in [1.165, 1.54) is 6.07 Å². The largest absolute Gasteiger partial charge is 0.450 e. The Bertz CT molecular complexity index is 539. The van der Waals surface area contributed by atoms with E-state index in [-0.39, 0.29) is 18.8 Å². The van der Waals surface area contributed by atoms with Crippen LogP contribution in [0.4, 0.5) is 10.5 Å². The van der Waals surface area contributed by atoms with Crippen molar-refractivity contribution in [1.82, 2.24) is 4.90 Å². The van der Waals surface area contributed by atoms with Crippen molar-refractivity contribution in [2.24, 2.45) is 0 Å². The van der Waals surface area contributed by atoms with Crippen molar-refractivity contribution >= 4 is 11.8 Å². The number of benzene rings is 1. The molecule has 0 saturated carbocycles. The molecule has 0 aromatic heterocycles. The molecule has 0 spiro atoms. The van der Waals surface area contributed by atoms with Gasteiger partial charge in [-0.1, -0.05) is 18.2 Å². The summed E-state index contributed by atoms with van der Waals surface area (Å²) >= 11 is 0. The number of carbonyl (C=O) groups excluding carboxylic acids is 1. The molecule has 0 heterocycles. The first kappa shape index (κ1) is 15.4. The molecule has 1 aromatic rings. The van der Waals surface area contributed by atoms with Gasteiger partial charge in [0.2, 0.25) is 0 Å². The van der Waals surface area contributed by atoms with Crippen LogP contribution in [0, 0.1) is 21.4 Å². The Balaban J connectivity index is 3.13. The van der Waals surface area contributed by atoms with E-state index < -0.39 is 17.1 Å². The summed E-state index contributed by atoms with van der Waals surface area (Å²) in [6.45, 7) is 3.24. The van der Waals surface area contributed by atoms with Crippen LogP contribution in [-0.2, 0) is 4.74 Å². The number of carbonyl (C=O) groups is 1. The lowest BCUT2D eigenvalue weighted by molar-refractivity contribution is -0.385. The van der Waals surface area contributed by atoms with Gasteiger partial charge in [0.15, 0.2) is 0 Å². The fraction of sp³-hybridized carbons (Fsp3) is 0.385. The highest BCUT2D eigenvalue weighted by atomic mass is 16.6. The number of nitro benzene ring substituents is 1. The Morgan fingerprint density at radius 2 is 2.20 bits per heavy atom. The number of ether oxygens (including phenoxy) is 1. The average molecular weight is 277 g/mol. The van der Waals surface area contributed by atoms with Crippen molar-refractivity contribution in [2.75, 3.05) is 13.2 Å². The maximum absolute atomic E-state index is 11.8. The second-order valence-corrected chi connectivity index (χ2v) is 3.98. The minimum Gasteiger partial charge on any atom is -0.450 e. The molecule has 1 unspecified atom stereocenters. The Labute approximate surface area is 116 Å². The first-order chi connectivity index (χ1) is 9.52. The molecule has 0 aliphatic rings. The van der Waals surface area contributed by atoms with Gasteiger partial charge in [0.25, 0.3) is 5.69 Å². The SMILES string of the molecule is CCOC(=O)N(CC#N)C(C)c1ccccc1[N+](=O)[O-]. The van der Waals surface area contributed by atoms with Crippen LogP contribution in [0.5, 0.6) is 0 Å². The molecular formula is C13H15N3O4. The van der Waals surface area contributed by atoms with Crippen LogP contribution in [0.15, 0.2) is 24.3 Å². The highest BCUT2D eigenvalue weighted by Crippen LogP contribution is 2.29. The normalized spacial score (nSPS) is 11.2. The number of nitro groups is 1. The molecule has 0 radical (unpaired) electrons. The van der Waals surface area contributed by atoms with Crippen molar-refractivity contribution in [2.45, 2.75) is 19.9 Å². The molecule has 20 heavy (non-hydrogen) atoms. The molecule has 0 fully saturated rings. The van der Waals surface area contributed by atoms with Crippen LogP contribution in [-0.4, -0.2) is 29.1 Å². The molecule has 0 aliphatic carbocycles. The highest BCUT2D eigenvalue weighted by molar-refractivity contribution is 5.69. The molecular weight excluding hydrogens is 262 g/mol. The van der Waals surface area contributed by atoms with E-state index in [1.54, 1.807) is 32.0 Å². The molecule has 0 N–H and O–H groups in total. The molecule has 7 heteroatoms. The summed E-state index contributed by atoms with van der Waals surface area (Å²) in [6.07, 6.45) is -0.667. The van der Waals surface area contributed by atoms with Gasteiger partial charge in [-0.25, -0.2) is 4.79 Å². The zero-order valence-electron chi connectivity index (χ0n) is 11.3. The maximum atomic E-state index is 11.8. The van der Waals surface area contributed by atoms with E-state index in [9.17, 15) is 14.9 Å². The van der Waals surface area contributed by atoms with Gasteiger partial charge in [-0.3, -0.25) is 15.0 Å². The first-order valence-electron chi connectivity index (χ1n) is 6.06. The third kappa shape index (κ3) is 3.45. The molecule has 0 aliphatic heterocycles. The average Bonchev–Trinajstić information content (AvgIpc) is 2.44. The fourth-order valence-electron chi connectivity index (χ4n) is 1.82. The minimum absolute atomic E-state index is 0.0905. The summed E-state index contributed by atoms with van der Waals surface area (Å²) in [4.78, 5) is 23.5. The second kappa shape index (κ2) is 7.09. The van der Waals surface area contributed by atoms with Gasteiger partial charge >= 0.3 is 6.09 Å². The number of rotatable bonds is 5.